The first-order valence-electron chi connectivity index (χ1n) is 8.98. The number of amides is 1. The molecule has 29 heavy (non-hydrogen) atoms. The zero-order chi connectivity index (χ0) is 20.1. The number of hydrogen-bond acceptors (Lipinski definition) is 6. The fourth-order valence-electron chi connectivity index (χ4n) is 2.75. The van der Waals surface area contributed by atoms with Crippen molar-refractivity contribution in [1.82, 2.24) is 29.8 Å². The molecular formula is C20H19N7O2. The lowest BCUT2D eigenvalue weighted by molar-refractivity contribution is -0.115. The Morgan fingerprint density at radius 3 is 2.55 bits per heavy atom. The molecule has 0 aliphatic heterocycles. The van der Waals surface area contributed by atoms with Crippen LogP contribution in [0.3, 0.4) is 0 Å². The molecule has 0 fully saturated rings. The van der Waals surface area contributed by atoms with Crippen LogP contribution in [-0.2, 0) is 24.9 Å². The maximum absolute atomic E-state index is 12.3. The van der Waals surface area contributed by atoms with Gasteiger partial charge in [-0.25, -0.2) is 9.67 Å². The number of imidazole rings is 1. The second kappa shape index (κ2) is 8.34. The Labute approximate surface area is 167 Å². The minimum absolute atomic E-state index is 0.0955. The van der Waals surface area contributed by atoms with Gasteiger partial charge in [-0.2, -0.15) is 0 Å². The van der Waals surface area contributed by atoms with Gasteiger partial charge >= 0.3 is 0 Å². The summed E-state index contributed by atoms with van der Waals surface area (Å²) >= 11 is 0. The summed E-state index contributed by atoms with van der Waals surface area (Å²) in [6.07, 6.45) is 5.39. The molecular weight excluding hydrogens is 370 g/mol. The number of tetrazole rings is 1. The van der Waals surface area contributed by atoms with Crippen molar-refractivity contribution >= 4 is 11.6 Å². The van der Waals surface area contributed by atoms with E-state index in [1.807, 2.05) is 66.3 Å². The van der Waals surface area contributed by atoms with Gasteiger partial charge in [-0.15, -0.1) is 5.10 Å². The highest BCUT2D eigenvalue weighted by molar-refractivity contribution is 5.92. The normalized spacial score (nSPS) is 10.7. The van der Waals surface area contributed by atoms with Gasteiger partial charge in [0.05, 0.1) is 12.1 Å². The monoisotopic (exact) mass is 389 g/mol. The Bertz CT molecular complexity index is 1070. The molecule has 0 spiro atoms. The Morgan fingerprint density at radius 1 is 1.10 bits per heavy atom. The van der Waals surface area contributed by atoms with Crippen LogP contribution >= 0.6 is 0 Å². The fraction of sp³-hybridized carbons (Fsp3) is 0.150. The number of carbonyl (C=O) groups is 1. The van der Waals surface area contributed by atoms with Crippen LogP contribution in [0.15, 0.2) is 67.3 Å². The van der Waals surface area contributed by atoms with E-state index < -0.39 is 0 Å². The molecule has 4 rings (SSSR count). The van der Waals surface area contributed by atoms with Gasteiger partial charge in [-0.05, 0) is 52.4 Å². The molecule has 4 aromatic rings. The summed E-state index contributed by atoms with van der Waals surface area (Å²) < 4.78 is 9.18. The highest BCUT2D eigenvalue weighted by Gasteiger charge is 2.06. The molecule has 0 radical (unpaired) electrons. The predicted molar refractivity (Wildman–Crippen MR) is 105 cm³/mol. The standard InChI is InChI=1S/C20H19N7O2/c1-26-11-10-21-19(26)13-29-18-8-4-16(5-9-18)23-20(28)12-15-2-6-17(7-3-15)27-14-22-24-25-27/h2-11,14H,12-13H2,1H3,(H,23,28). The molecule has 2 aromatic carbocycles. The number of nitrogens with zero attached hydrogens (tertiary/aromatic N) is 6. The Morgan fingerprint density at radius 2 is 1.90 bits per heavy atom. The van der Waals surface area contributed by atoms with Crippen LogP contribution in [0.5, 0.6) is 5.75 Å². The summed E-state index contributed by atoms with van der Waals surface area (Å²) in [5.41, 5.74) is 2.44. The minimum atomic E-state index is -0.0955. The van der Waals surface area contributed by atoms with Crippen LogP contribution in [0.4, 0.5) is 5.69 Å². The van der Waals surface area contributed by atoms with Crippen LogP contribution in [0.2, 0.25) is 0 Å². The number of carbonyl (C=O) groups excluding carboxylic acids is 1. The molecule has 0 saturated carbocycles. The summed E-state index contributed by atoms with van der Waals surface area (Å²) in [5, 5.41) is 13.9. The van der Waals surface area contributed by atoms with Crippen molar-refractivity contribution in [2.75, 3.05) is 5.32 Å². The highest BCUT2D eigenvalue weighted by atomic mass is 16.5. The van der Waals surface area contributed by atoms with Crippen molar-refractivity contribution in [2.45, 2.75) is 13.0 Å². The van der Waals surface area contributed by atoms with Gasteiger partial charge in [0.15, 0.2) is 0 Å². The third kappa shape index (κ3) is 4.64. The van der Waals surface area contributed by atoms with Crippen LogP contribution in [0.1, 0.15) is 11.4 Å². The number of benzene rings is 2. The van der Waals surface area contributed by atoms with Crippen LogP contribution in [0, 0.1) is 0 Å². The molecule has 2 heterocycles. The smallest absolute Gasteiger partial charge is 0.228 e. The average Bonchev–Trinajstić information content (AvgIpc) is 3.40. The molecule has 9 nitrogen and oxygen atoms in total. The number of anilines is 1. The van der Waals surface area contributed by atoms with Gasteiger partial charge in [0.1, 0.15) is 24.5 Å². The molecule has 0 aliphatic carbocycles. The summed E-state index contributed by atoms with van der Waals surface area (Å²) in [6, 6.07) is 14.8. The average molecular weight is 389 g/mol. The predicted octanol–water partition coefficient (Wildman–Crippen LogP) is 2.16. The van der Waals surface area contributed by atoms with Crippen LogP contribution in [-0.4, -0.2) is 35.7 Å². The lowest BCUT2D eigenvalue weighted by atomic mass is 10.1. The molecule has 0 atom stereocenters. The van der Waals surface area contributed by atoms with Crippen molar-refractivity contribution in [3.8, 4) is 11.4 Å². The maximum atomic E-state index is 12.3. The summed E-state index contributed by atoms with van der Waals surface area (Å²) in [7, 11) is 1.92. The highest BCUT2D eigenvalue weighted by Crippen LogP contribution is 2.17. The lowest BCUT2D eigenvalue weighted by Gasteiger charge is -2.09. The van der Waals surface area contributed by atoms with Gasteiger partial charge in [0.25, 0.3) is 0 Å². The largest absolute Gasteiger partial charge is 0.486 e. The van der Waals surface area contributed by atoms with Crippen molar-refractivity contribution in [1.29, 1.82) is 0 Å². The van der Waals surface area contributed by atoms with Gasteiger partial charge in [0.2, 0.25) is 5.91 Å². The fourth-order valence-corrected chi connectivity index (χ4v) is 2.75. The van der Waals surface area contributed by atoms with Gasteiger partial charge in [-0.1, -0.05) is 12.1 Å². The van der Waals surface area contributed by atoms with E-state index in [1.54, 1.807) is 10.9 Å². The van der Waals surface area contributed by atoms with Crippen molar-refractivity contribution in [3.05, 3.63) is 78.6 Å². The van der Waals surface area contributed by atoms with E-state index in [9.17, 15) is 4.79 Å². The number of aromatic nitrogens is 6. The Kier molecular flexibility index (Phi) is 5.28. The first kappa shape index (κ1) is 18.4. The Hall–Kier alpha value is -4.01. The molecule has 0 aliphatic rings. The van der Waals surface area contributed by atoms with E-state index in [0.717, 1.165) is 17.1 Å². The van der Waals surface area contributed by atoms with E-state index in [-0.39, 0.29) is 12.3 Å². The lowest BCUT2D eigenvalue weighted by Crippen LogP contribution is -2.14. The molecule has 0 saturated heterocycles. The maximum Gasteiger partial charge on any atom is 0.228 e. The summed E-state index contributed by atoms with van der Waals surface area (Å²) in [4.78, 5) is 16.5. The van der Waals surface area contributed by atoms with E-state index in [1.165, 1.54) is 6.33 Å². The number of ether oxygens (including phenoxy) is 1. The van der Waals surface area contributed by atoms with E-state index in [0.29, 0.717) is 18.0 Å². The third-order valence-corrected chi connectivity index (χ3v) is 4.34. The molecule has 146 valence electrons. The quantitative estimate of drug-likeness (QED) is 0.520. The SMILES string of the molecule is Cn1ccnc1COc1ccc(NC(=O)Cc2ccc(-n3cnnn3)cc2)cc1. The summed E-state index contributed by atoms with van der Waals surface area (Å²) in [5.74, 6) is 1.46. The summed E-state index contributed by atoms with van der Waals surface area (Å²) in [6.45, 7) is 0.385. The van der Waals surface area contributed by atoms with E-state index in [2.05, 4.69) is 25.8 Å². The van der Waals surface area contributed by atoms with Crippen molar-refractivity contribution < 1.29 is 9.53 Å². The number of rotatable bonds is 7. The van der Waals surface area contributed by atoms with Crippen LogP contribution in [0.25, 0.3) is 5.69 Å². The zero-order valence-corrected chi connectivity index (χ0v) is 15.8. The second-order valence-corrected chi connectivity index (χ2v) is 6.41. The molecule has 0 unspecified atom stereocenters. The Balaban J connectivity index is 1.29. The first-order valence-corrected chi connectivity index (χ1v) is 8.98. The molecule has 9 heteroatoms. The number of aryl methyl sites for hydroxylation is 1. The second-order valence-electron chi connectivity index (χ2n) is 6.41. The molecule has 1 amide bonds. The van der Waals surface area contributed by atoms with Crippen molar-refractivity contribution in [3.63, 3.8) is 0 Å². The molecule has 0 bridgehead atoms. The molecule has 2 aromatic heterocycles. The number of nitrogens with one attached hydrogen (secondary N) is 1. The number of hydrogen-bond donors (Lipinski definition) is 1. The first-order chi connectivity index (χ1) is 14.2. The van der Waals surface area contributed by atoms with Crippen LogP contribution < -0.4 is 10.1 Å². The van der Waals surface area contributed by atoms with Gasteiger partial charge in [0, 0.05) is 25.1 Å². The van der Waals surface area contributed by atoms with Gasteiger partial charge in [-0.3, -0.25) is 4.79 Å². The van der Waals surface area contributed by atoms with E-state index >= 15 is 0 Å². The minimum Gasteiger partial charge on any atom is -0.486 e. The van der Waals surface area contributed by atoms with E-state index in [4.69, 9.17) is 4.74 Å². The third-order valence-electron chi connectivity index (χ3n) is 4.34. The topological polar surface area (TPSA) is 99.8 Å². The van der Waals surface area contributed by atoms with Crippen molar-refractivity contribution in [2.24, 2.45) is 7.05 Å². The zero-order valence-electron chi connectivity index (χ0n) is 15.8. The van der Waals surface area contributed by atoms with Gasteiger partial charge < -0.3 is 14.6 Å². The molecule has 1 N–H and O–H groups in total.